The van der Waals surface area contributed by atoms with Crippen molar-refractivity contribution < 1.29 is 19.4 Å². The Bertz CT molecular complexity index is 1300. The summed E-state index contributed by atoms with van der Waals surface area (Å²) in [7, 11) is 0. The molecule has 2 N–H and O–H groups in total. The van der Waals surface area contributed by atoms with E-state index < -0.39 is 18.1 Å². The maximum atomic E-state index is 12.6. The van der Waals surface area contributed by atoms with Crippen LogP contribution in [0.3, 0.4) is 0 Å². The van der Waals surface area contributed by atoms with Gasteiger partial charge in [0.2, 0.25) is 0 Å². The number of rotatable bonds is 8. The van der Waals surface area contributed by atoms with Crippen LogP contribution >= 0.6 is 0 Å². The molecule has 1 atom stereocenters. The maximum Gasteiger partial charge on any atom is 0.407 e. The van der Waals surface area contributed by atoms with Crippen molar-refractivity contribution in [2.45, 2.75) is 24.9 Å². The molecule has 1 aliphatic carbocycles. The number of hydrogen-bond donors (Lipinski definition) is 2. The minimum atomic E-state index is -1.14. The lowest BCUT2D eigenvalue weighted by atomic mass is 9.98. The molecule has 0 unspecified atom stereocenters. The summed E-state index contributed by atoms with van der Waals surface area (Å²) in [4.78, 5) is 28.7. The molecule has 0 saturated heterocycles. The van der Waals surface area contributed by atoms with Crippen molar-refractivity contribution in [1.82, 2.24) is 14.9 Å². The minimum Gasteiger partial charge on any atom is -0.480 e. The van der Waals surface area contributed by atoms with Gasteiger partial charge in [-0.1, -0.05) is 78.9 Å². The lowest BCUT2D eigenvalue weighted by Crippen LogP contribution is -2.43. The summed E-state index contributed by atoms with van der Waals surface area (Å²) >= 11 is 0. The predicted octanol–water partition coefficient (Wildman–Crippen LogP) is 4.47. The molecule has 5 rings (SSSR count). The Morgan fingerprint density at radius 1 is 0.943 bits per heavy atom. The largest absolute Gasteiger partial charge is 0.480 e. The summed E-state index contributed by atoms with van der Waals surface area (Å²) in [6, 6.07) is 24.8. The van der Waals surface area contributed by atoms with Crippen LogP contribution in [0.1, 0.15) is 28.3 Å². The van der Waals surface area contributed by atoms with Gasteiger partial charge in [0.05, 0.1) is 6.33 Å². The highest BCUT2D eigenvalue weighted by atomic mass is 16.5. The lowest BCUT2D eigenvalue weighted by molar-refractivity contribution is -0.139. The molecule has 0 aliphatic heterocycles. The van der Waals surface area contributed by atoms with E-state index >= 15 is 0 Å². The molecule has 1 aromatic heterocycles. The average Bonchev–Trinajstić information content (AvgIpc) is 3.44. The first-order valence-corrected chi connectivity index (χ1v) is 11.5. The Morgan fingerprint density at radius 2 is 1.57 bits per heavy atom. The van der Waals surface area contributed by atoms with E-state index in [2.05, 4.69) is 22.4 Å². The topological polar surface area (TPSA) is 93.5 Å². The van der Waals surface area contributed by atoms with Crippen molar-refractivity contribution in [3.05, 3.63) is 114 Å². The Kier molecular flexibility index (Phi) is 6.30. The first-order chi connectivity index (χ1) is 17.1. The number of ether oxygens (including phenoxy) is 1. The van der Waals surface area contributed by atoms with Crippen LogP contribution in [0.15, 0.2) is 91.4 Å². The van der Waals surface area contributed by atoms with Gasteiger partial charge < -0.3 is 19.7 Å². The normalized spacial score (nSPS) is 13.0. The molecule has 4 aromatic rings. The fourth-order valence-electron chi connectivity index (χ4n) is 4.63. The monoisotopic (exact) mass is 467 g/mol. The standard InChI is InChI=1S/C28H25N3O4/c32-27(33)26(14-20-15-29-18-31(20)16-19-8-2-1-3-9-19)30-28(34)35-17-25-23-12-6-4-10-21(23)22-11-5-7-13-24(22)25/h1-13,15,18,25-26H,14,16-17H2,(H,30,34)(H,32,33)/t26-/m1/s1. The zero-order valence-corrected chi connectivity index (χ0v) is 19.0. The Labute approximate surface area is 203 Å². The number of carbonyl (C=O) groups excluding carboxylic acids is 1. The smallest absolute Gasteiger partial charge is 0.407 e. The summed E-state index contributed by atoms with van der Waals surface area (Å²) in [6.45, 7) is 0.686. The van der Waals surface area contributed by atoms with Crippen molar-refractivity contribution >= 4 is 12.1 Å². The van der Waals surface area contributed by atoms with E-state index in [0.717, 1.165) is 27.8 Å². The summed E-state index contributed by atoms with van der Waals surface area (Å²) < 4.78 is 7.41. The first kappa shape index (κ1) is 22.4. The molecule has 0 radical (unpaired) electrons. The number of imidazole rings is 1. The SMILES string of the molecule is O=C(N[C@H](Cc1cncn1Cc1ccccc1)C(=O)O)OCC1c2ccccc2-c2ccccc21. The Balaban J connectivity index is 1.24. The van der Waals surface area contributed by atoms with Crippen LogP contribution in [0.4, 0.5) is 4.79 Å². The lowest BCUT2D eigenvalue weighted by Gasteiger charge is -2.18. The van der Waals surface area contributed by atoms with Gasteiger partial charge in [0.15, 0.2) is 0 Å². The highest BCUT2D eigenvalue weighted by Crippen LogP contribution is 2.44. The number of benzene rings is 3. The molecule has 1 heterocycles. The van der Waals surface area contributed by atoms with E-state index in [1.54, 1.807) is 12.5 Å². The molecule has 7 nitrogen and oxygen atoms in total. The number of carboxylic acids is 1. The zero-order valence-electron chi connectivity index (χ0n) is 19.0. The molecule has 176 valence electrons. The summed E-state index contributed by atoms with van der Waals surface area (Å²) in [5.41, 5.74) is 6.24. The molecular weight excluding hydrogens is 442 g/mol. The second kappa shape index (κ2) is 9.85. The Hall–Kier alpha value is -4.39. The van der Waals surface area contributed by atoms with Gasteiger partial charge in [0, 0.05) is 30.8 Å². The fraction of sp³-hybridized carbons (Fsp3) is 0.179. The van der Waals surface area contributed by atoms with Crippen LogP contribution < -0.4 is 5.32 Å². The molecule has 1 amide bonds. The molecule has 0 saturated carbocycles. The van der Waals surface area contributed by atoms with Crippen molar-refractivity contribution in [1.29, 1.82) is 0 Å². The highest BCUT2D eigenvalue weighted by molar-refractivity contribution is 5.81. The third-order valence-electron chi connectivity index (χ3n) is 6.34. The molecule has 0 spiro atoms. The number of fused-ring (bicyclic) bond motifs is 3. The number of carboxylic acid groups (broad SMARTS) is 1. The number of carbonyl (C=O) groups is 2. The number of aromatic nitrogens is 2. The number of nitrogens with one attached hydrogen (secondary N) is 1. The summed E-state index contributed by atoms with van der Waals surface area (Å²) in [5.74, 6) is -1.23. The second-order valence-electron chi connectivity index (χ2n) is 8.56. The number of alkyl carbamates (subject to hydrolysis) is 1. The van der Waals surface area contributed by atoms with Gasteiger partial charge in [-0.3, -0.25) is 0 Å². The van der Waals surface area contributed by atoms with Crippen molar-refractivity contribution in [2.24, 2.45) is 0 Å². The summed E-state index contributed by atoms with van der Waals surface area (Å²) in [5, 5.41) is 12.3. The van der Waals surface area contributed by atoms with E-state index in [1.165, 1.54) is 0 Å². The van der Waals surface area contributed by atoms with Crippen LogP contribution in [0.25, 0.3) is 11.1 Å². The average molecular weight is 468 g/mol. The van der Waals surface area contributed by atoms with Gasteiger partial charge in [-0.25, -0.2) is 14.6 Å². The van der Waals surface area contributed by atoms with Crippen LogP contribution in [-0.4, -0.2) is 39.4 Å². The Morgan fingerprint density at radius 3 is 2.23 bits per heavy atom. The van der Waals surface area contributed by atoms with Crippen LogP contribution in [0.5, 0.6) is 0 Å². The molecular formula is C28H25N3O4. The number of aliphatic carboxylic acids is 1. The molecule has 0 fully saturated rings. The van der Waals surface area contributed by atoms with E-state index in [4.69, 9.17) is 4.74 Å². The van der Waals surface area contributed by atoms with E-state index in [0.29, 0.717) is 12.2 Å². The number of amides is 1. The van der Waals surface area contributed by atoms with Crippen LogP contribution in [0, 0.1) is 0 Å². The first-order valence-electron chi connectivity index (χ1n) is 11.5. The van der Waals surface area contributed by atoms with Crippen LogP contribution in [0.2, 0.25) is 0 Å². The van der Waals surface area contributed by atoms with Gasteiger partial charge in [-0.05, 0) is 27.8 Å². The van der Waals surface area contributed by atoms with E-state index in [1.807, 2.05) is 71.3 Å². The van der Waals surface area contributed by atoms with Crippen molar-refractivity contribution in [3.8, 4) is 11.1 Å². The number of nitrogens with zero attached hydrogens (tertiary/aromatic N) is 2. The molecule has 7 heteroatoms. The zero-order chi connectivity index (χ0) is 24.2. The molecule has 0 bridgehead atoms. The quantitative estimate of drug-likeness (QED) is 0.399. The third kappa shape index (κ3) is 4.80. The molecule has 1 aliphatic rings. The minimum absolute atomic E-state index is 0.0896. The van der Waals surface area contributed by atoms with Gasteiger partial charge in [0.1, 0.15) is 12.6 Å². The van der Waals surface area contributed by atoms with Gasteiger partial charge >= 0.3 is 12.1 Å². The van der Waals surface area contributed by atoms with E-state index in [-0.39, 0.29) is 18.9 Å². The highest BCUT2D eigenvalue weighted by Gasteiger charge is 2.30. The second-order valence-corrected chi connectivity index (χ2v) is 8.56. The van der Waals surface area contributed by atoms with Crippen molar-refractivity contribution in [2.75, 3.05) is 6.61 Å². The molecule has 35 heavy (non-hydrogen) atoms. The fourth-order valence-corrected chi connectivity index (χ4v) is 4.63. The van der Waals surface area contributed by atoms with Crippen molar-refractivity contribution in [3.63, 3.8) is 0 Å². The predicted molar refractivity (Wildman–Crippen MR) is 131 cm³/mol. The third-order valence-corrected chi connectivity index (χ3v) is 6.34. The summed E-state index contributed by atoms with van der Waals surface area (Å²) in [6.07, 6.45) is 2.62. The van der Waals surface area contributed by atoms with Gasteiger partial charge in [-0.2, -0.15) is 0 Å². The maximum absolute atomic E-state index is 12.6. The van der Waals surface area contributed by atoms with Crippen LogP contribution in [-0.2, 0) is 22.5 Å². The number of hydrogen-bond acceptors (Lipinski definition) is 4. The molecule has 3 aromatic carbocycles. The van der Waals surface area contributed by atoms with Gasteiger partial charge in [0.25, 0.3) is 0 Å². The van der Waals surface area contributed by atoms with E-state index in [9.17, 15) is 14.7 Å². The van der Waals surface area contributed by atoms with Gasteiger partial charge in [-0.15, -0.1) is 0 Å².